The van der Waals surface area contributed by atoms with E-state index in [-0.39, 0.29) is 45.9 Å². The van der Waals surface area contributed by atoms with E-state index in [9.17, 15) is 9.18 Å². The molecule has 1 N–H and O–H groups in total. The van der Waals surface area contributed by atoms with Gasteiger partial charge in [0.25, 0.3) is 5.91 Å². The van der Waals surface area contributed by atoms with Crippen molar-refractivity contribution in [2.75, 3.05) is 25.6 Å². The first-order valence-corrected chi connectivity index (χ1v) is 11.1. The van der Waals surface area contributed by atoms with E-state index in [2.05, 4.69) is 20.5 Å². The normalized spacial score (nSPS) is 17.9. The Kier molecular flexibility index (Phi) is 7.56. The van der Waals surface area contributed by atoms with Crippen molar-refractivity contribution < 1.29 is 23.0 Å². The van der Waals surface area contributed by atoms with E-state index in [0.717, 1.165) is 0 Å². The van der Waals surface area contributed by atoms with Gasteiger partial charge in [-0.1, -0.05) is 35.3 Å². The topological polar surface area (TPSA) is 91.2 Å². The van der Waals surface area contributed by atoms with E-state index in [1.165, 1.54) is 66.9 Å². The number of hydrogen-bond acceptors (Lipinski definition) is 6. The zero-order valence-corrected chi connectivity index (χ0v) is 19.9. The van der Waals surface area contributed by atoms with Gasteiger partial charge >= 0.3 is 0 Å². The van der Waals surface area contributed by atoms with Crippen LogP contribution in [0.2, 0.25) is 5.02 Å². The summed E-state index contributed by atoms with van der Waals surface area (Å²) in [4.78, 5) is 18.4. The van der Waals surface area contributed by atoms with Crippen LogP contribution in [0.4, 0.5) is 14.5 Å². The fourth-order valence-electron chi connectivity index (χ4n) is 3.44. The number of alkyl halides is 1. The first-order chi connectivity index (χ1) is 16.8. The first kappa shape index (κ1) is 24.9. The molecule has 2 aromatic heterocycles. The average Bonchev–Trinajstić information content (AvgIpc) is 3.36. The van der Waals surface area contributed by atoms with Crippen LogP contribution in [0.3, 0.4) is 0 Å². The number of nitrogens with one attached hydrogen (secondary N) is 1. The molecular formula is C23H19Cl2F2N5O3. The van der Waals surface area contributed by atoms with Crippen molar-refractivity contribution in [3.05, 3.63) is 82.0 Å². The minimum Gasteiger partial charge on any atom is -0.382 e. The quantitative estimate of drug-likeness (QED) is 0.432. The Morgan fingerprint density at radius 3 is 2.57 bits per heavy atom. The fourth-order valence-corrected chi connectivity index (χ4v) is 3.94. The van der Waals surface area contributed by atoms with Crippen LogP contribution >= 0.6 is 23.2 Å². The molecule has 8 nitrogen and oxygen atoms in total. The maximum atomic E-state index is 16.2. The number of benzene rings is 1. The molecule has 0 saturated carbocycles. The van der Waals surface area contributed by atoms with Gasteiger partial charge in [-0.3, -0.25) is 4.79 Å². The Balaban J connectivity index is 1.61. The molecule has 0 radical (unpaired) electrons. The molecule has 0 saturated heterocycles. The molecule has 1 amide bonds. The first-order valence-electron chi connectivity index (χ1n) is 10.3. The average molecular weight is 522 g/mol. The second-order valence-corrected chi connectivity index (χ2v) is 8.25. The van der Waals surface area contributed by atoms with Crippen molar-refractivity contribution in [1.29, 1.82) is 0 Å². The van der Waals surface area contributed by atoms with Gasteiger partial charge in [0.05, 0.1) is 42.5 Å². The Morgan fingerprint density at radius 1 is 1.20 bits per heavy atom. The van der Waals surface area contributed by atoms with Crippen LogP contribution < -0.4 is 5.32 Å². The van der Waals surface area contributed by atoms with Gasteiger partial charge in [0.1, 0.15) is 5.82 Å². The lowest BCUT2D eigenvalue weighted by Gasteiger charge is -2.32. The van der Waals surface area contributed by atoms with Crippen molar-refractivity contribution in [3.63, 3.8) is 0 Å². The Hall–Kier alpha value is -3.18. The summed E-state index contributed by atoms with van der Waals surface area (Å²) in [5, 5.41) is 10.7. The maximum absolute atomic E-state index is 16.2. The van der Waals surface area contributed by atoms with Crippen LogP contribution in [0.25, 0.3) is 11.4 Å². The molecule has 12 heteroatoms. The fraction of sp³-hybridized carbons (Fsp3) is 0.217. The van der Waals surface area contributed by atoms with E-state index in [1.807, 2.05) is 0 Å². The van der Waals surface area contributed by atoms with Gasteiger partial charge in [0, 0.05) is 29.7 Å². The van der Waals surface area contributed by atoms with Gasteiger partial charge in [0.2, 0.25) is 5.85 Å². The highest BCUT2D eigenvalue weighted by atomic mass is 35.5. The summed E-state index contributed by atoms with van der Waals surface area (Å²) in [5.41, 5.74) is 0.635. The summed E-state index contributed by atoms with van der Waals surface area (Å²) < 4.78 is 40.0. The number of carbonyl (C=O) groups is 1. The molecule has 35 heavy (non-hydrogen) atoms. The van der Waals surface area contributed by atoms with Gasteiger partial charge < -0.3 is 14.8 Å². The number of anilines is 1. The Bertz CT molecular complexity index is 1280. The number of pyridine rings is 1. The van der Waals surface area contributed by atoms with Crippen LogP contribution in [0.15, 0.2) is 65.6 Å². The van der Waals surface area contributed by atoms with Crippen LogP contribution in [0.5, 0.6) is 0 Å². The summed E-state index contributed by atoms with van der Waals surface area (Å²) in [6, 6.07) is 6.68. The summed E-state index contributed by atoms with van der Waals surface area (Å²) >= 11 is 12.6. The van der Waals surface area contributed by atoms with E-state index >= 15 is 4.39 Å². The number of rotatable bonds is 8. The number of hydrogen-bond donors (Lipinski definition) is 1. The maximum Gasteiger partial charge on any atom is 0.253 e. The smallest absolute Gasteiger partial charge is 0.253 e. The summed E-state index contributed by atoms with van der Waals surface area (Å²) in [6.07, 6.45) is 5.11. The van der Waals surface area contributed by atoms with Crippen LogP contribution in [-0.4, -0.2) is 52.1 Å². The molecule has 0 fully saturated rings. The minimum absolute atomic E-state index is 0.0156. The van der Waals surface area contributed by atoms with Gasteiger partial charge in [-0.05, 0) is 29.8 Å². The van der Waals surface area contributed by atoms with Crippen molar-refractivity contribution in [3.8, 4) is 5.82 Å². The third-order valence-electron chi connectivity index (χ3n) is 5.10. The molecule has 0 bridgehead atoms. The van der Waals surface area contributed by atoms with E-state index in [0.29, 0.717) is 5.56 Å². The van der Waals surface area contributed by atoms with Crippen molar-refractivity contribution in [2.45, 2.75) is 12.3 Å². The van der Waals surface area contributed by atoms with Gasteiger partial charge in [-0.25, -0.2) is 13.8 Å². The standard InChI is InChI=1S/C23H19Cl2F2N5O3/c1-34-8-9-35-23(27)12-17(19(24)11-18(23)14-2-4-15(26)5-3-14)22(33)31-16-10-20(25)21(28-13-16)32-29-6-7-30-32/h2-7,10-11,13H,8-9,12H2,1H3,(H,31,33). The molecule has 0 aliphatic heterocycles. The molecule has 4 rings (SSSR count). The van der Waals surface area contributed by atoms with Gasteiger partial charge in [-0.2, -0.15) is 10.2 Å². The van der Waals surface area contributed by atoms with Crippen LogP contribution in [0, 0.1) is 5.82 Å². The zero-order chi connectivity index (χ0) is 25.0. The molecule has 1 aliphatic carbocycles. The Morgan fingerprint density at radius 2 is 1.91 bits per heavy atom. The highest BCUT2D eigenvalue weighted by Gasteiger charge is 2.42. The predicted molar refractivity (Wildman–Crippen MR) is 126 cm³/mol. The van der Waals surface area contributed by atoms with Crippen molar-refractivity contribution in [2.24, 2.45) is 0 Å². The second-order valence-electron chi connectivity index (χ2n) is 7.44. The number of aromatic nitrogens is 4. The lowest BCUT2D eigenvalue weighted by atomic mass is 9.88. The minimum atomic E-state index is -2.41. The zero-order valence-electron chi connectivity index (χ0n) is 18.3. The monoisotopic (exact) mass is 521 g/mol. The Labute approximate surface area is 209 Å². The van der Waals surface area contributed by atoms with E-state index in [1.54, 1.807) is 0 Å². The highest BCUT2D eigenvalue weighted by molar-refractivity contribution is 6.35. The molecule has 182 valence electrons. The molecule has 1 aromatic carbocycles. The molecule has 3 aromatic rings. The largest absolute Gasteiger partial charge is 0.382 e. The molecule has 0 spiro atoms. The van der Waals surface area contributed by atoms with Crippen LogP contribution in [0.1, 0.15) is 12.0 Å². The number of methoxy groups -OCH3 is 1. The number of halogens is 4. The number of nitrogens with zero attached hydrogens (tertiary/aromatic N) is 4. The number of amides is 1. The number of allylic oxidation sites excluding steroid dienone is 2. The molecule has 1 aliphatic rings. The molecular weight excluding hydrogens is 503 g/mol. The predicted octanol–water partition coefficient (Wildman–Crippen LogP) is 4.70. The van der Waals surface area contributed by atoms with E-state index < -0.39 is 24.0 Å². The van der Waals surface area contributed by atoms with Crippen molar-refractivity contribution in [1.82, 2.24) is 20.0 Å². The lowest BCUT2D eigenvalue weighted by molar-refractivity contribution is -0.120. The number of ether oxygens (including phenoxy) is 2. The summed E-state index contributed by atoms with van der Waals surface area (Å²) in [6.45, 7) is 0.0451. The third-order valence-corrected chi connectivity index (χ3v) is 5.72. The summed E-state index contributed by atoms with van der Waals surface area (Å²) in [7, 11) is 1.45. The van der Waals surface area contributed by atoms with Gasteiger partial charge in [0.15, 0.2) is 5.82 Å². The van der Waals surface area contributed by atoms with Gasteiger partial charge in [-0.15, -0.1) is 4.80 Å². The molecule has 2 heterocycles. The lowest BCUT2D eigenvalue weighted by Crippen LogP contribution is -2.35. The molecule has 1 unspecified atom stereocenters. The second kappa shape index (κ2) is 10.6. The van der Waals surface area contributed by atoms with Crippen LogP contribution in [-0.2, 0) is 14.3 Å². The summed E-state index contributed by atoms with van der Waals surface area (Å²) in [5.74, 6) is -3.28. The van der Waals surface area contributed by atoms with E-state index in [4.69, 9.17) is 32.7 Å². The molecule has 1 atom stereocenters. The number of carbonyl (C=O) groups excluding carboxylic acids is 1. The third kappa shape index (κ3) is 5.57. The SMILES string of the molecule is COCCOC1(F)CC(C(=O)Nc2cnc(-n3nccn3)c(Cl)c2)=C(Cl)C=C1c1ccc(F)cc1. The highest BCUT2D eigenvalue weighted by Crippen LogP contribution is 2.44. The van der Waals surface area contributed by atoms with Crippen molar-refractivity contribution >= 4 is 40.4 Å².